The molecule has 0 atom stereocenters. The molecule has 0 aliphatic carbocycles. The van der Waals surface area contributed by atoms with Gasteiger partial charge < -0.3 is 4.74 Å². The first-order valence-electron chi connectivity index (χ1n) is 4.28. The summed E-state index contributed by atoms with van der Waals surface area (Å²) in [6, 6.07) is 5.27. The van der Waals surface area contributed by atoms with E-state index in [1.807, 2.05) is 6.92 Å². The Morgan fingerprint density at radius 3 is 2.86 bits per heavy atom. The molecule has 0 N–H and O–H groups in total. The SMILES string of the molecule is C=CC(=O)c1ccc(OCC)cc1Br. The fraction of sp³-hybridized carbons (Fsp3) is 0.182. The van der Waals surface area contributed by atoms with Gasteiger partial charge in [0.2, 0.25) is 0 Å². The lowest BCUT2D eigenvalue weighted by Crippen LogP contribution is -1.97. The number of ether oxygens (including phenoxy) is 1. The minimum absolute atomic E-state index is 0.0973. The van der Waals surface area contributed by atoms with Crippen LogP contribution in [-0.4, -0.2) is 12.4 Å². The second-order valence-corrected chi connectivity index (χ2v) is 3.50. The predicted octanol–water partition coefficient (Wildman–Crippen LogP) is 3.22. The number of hydrogen-bond acceptors (Lipinski definition) is 2. The standard InChI is InChI=1S/C11H11BrO2/c1-3-11(13)9-6-5-8(14-4-2)7-10(9)12/h3,5-7H,1,4H2,2H3. The van der Waals surface area contributed by atoms with Gasteiger partial charge in [-0.2, -0.15) is 0 Å². The highest BCUT2D eigenvalue weighted by Crippen LogP contribution is 2.23. The number of allylic oxidation sites excluding steroid dienone is 1. The fourth-order valence-electron chi connectivity index (χ4n) is 1.06. The number of rotatable bonds is 4. The summed E-state index contributed by atoms with van der Waals surface area (Å²) < 4.78 is 6.02. The normalized spacial score (nSPS) is 9.57. The molecule has 14 heavy (non-hydrogen) atoms. The maximum absolute atomic E-state index is 11.3. The third-order valence-electron chi connectivity index (χ3n) is 1.70. The van der Waals surface area contributed by atoms with Gasteiger partial charge in [0.25, 0.3) is 0 Å². The maximum Gasteiger partial charge on any atom is 0.186 e. The Labute approximate surface area is 91.7 Å². The molecule has 2 nitrogen and oxygen atoms in total. The van der Waals surface area contributed by atoms with Crippen LogP contribution in [0.5, 0.6) is 5.75 Å². The van der Waals surface area contributed by atoms with Crippen LogP contribution in [0.3, 0.4) is 0 Å². The lowest BCUT2D eigenvalue weighted by Gasteiger charge is -2.05. The Morgan fingerprint density at radius 2 is 2.36 bits per heavy atom. The molecule has 0 radical (unpaired) electrons. The minimum atomic E-state index is -0.0973. The second-order valence-electron chi connectivity index (χ2n) is 2.64. The first kappa shape index (κ1) is 11.0. The molecule has 0 saturated heterocycles. The number of carbonyl (C=O) groups is 1. The molecule has 0 spiro atoms. The van der Waals surface area contributed by atoms with Crippen molar-refractivity contribution in [2.24, 2.45) is 0 Å². The molecule has 1 rings (SSSR count). The van der Waals surface area contributed by atoms with Crippen molar-refractivity contribution >= 4 is 21.7 Å². The van der Waals surface area contributed by atoms with Crippen LogP contribution in [0.25, 0.3) is 0 Å². The van der Waals surface area contributed by atoms with E-state index in [2.05, 4.69) is 22.5 Å². The number of carbonyl (C=O) groups excluding carboxylic acids is 1. The molecule has 74 valence electrons. The zero-order chi connectivity index (χ0) is 10.6. The topological polar surface area (TPSA) is 26.3 Å². The van der Waals surface area contributed by atoms with Crippen molar-refractivity contribution in [2.45, 2.75) is 6.92 Å². The molecule has 0 unspecified atom stereocenters. The highest BCUT2D eigenvalue weighted by molar-refractivity contribution is 9.10. The van der Waals surface area contributed by atoms with E-state index in [-0.39, 0.29) is 5.78 Å². The zero-order valence-electron chi connectivity index (χ0n) is 7.92. The summed E-state index contributed by atoms with van der Waals surface area (Å²) in [6.07, 6.45) is 1.29. The number of halogens is 1. The van der Waals surface area contributed by atoms with Crippen LogP contribution in [0.15, 0.2) is 35.3 Å². The van der Waals surface area contributed by atoms with Crippen LogP contribution in [0.1, 0.15) is 17.3 Å². The van der Waals surface area contributed by atoms with Crippen LogP contribution in [0.2, 0.25) is 0 Å². The Hall–Kier alpha value is -1.09. The Bertz CT molecular complexity index is 358. The highest BCUT2D eigenvalue weighted by Gasteiger charge is 2.07. The molecular weight excluding hydrogens is 244 g/mol. The van der Waals surface area contributed by atoms with E-state index in [0.29, 0.717) is 12.2 Å². The Kier molecular flexibility index (Phi) is 3.89. The lowest BCUT2D eigenvalue weighted by atomic mass is 10.1. The molecule has 1 aromatic rings. The van der Waals surface area contributed by atoms with Crippen molar-refractivity contribution in [3.05, 3.63) is 40.9 Å². The van der Waals surface area contributed by atoms with E-state index in [9.17, 15) is 4.79 Å². The summed E-state index contributed by atoms with van der Waals surface area (Å²) in [4.78, 5) is 11.3. The highest BCUT2D eigenvalue weighted by atomic mass is 79.9. The van der Waals surface area contributed by atoms with Crippen LogP contribution in [0.4, 0.5) is 0 Å². The molecule has 0 aliphatic rings. The summed E-state index contributed by atoms with van der Waals surface area (Å²) in [6.45, 7) is 5.96. The molecule has 0 heterocycles. The number of benzene rings is 1. The van der Waals surface area contributed by atoms with Gasteiger partial charge in [-0.15, -0.1) is 0 Å². The van der Waals surface area contributed by atoms with Crippen molar-refractivity contribution in [3.63, 3.8) is 0 Å². The molecular formula is C11H11BrO2. The third kappa shape index (κ3) is 2.45. The minimum Gasteiger partial charge on any atom is -0.494 e. The van der Waals surface area contributed by atoms with Crippen LogP contribution in [0, 0.1) is 0 Å². The average molecular weight is 255 g/mol. The van der Waals surface area contributed by atoms with Gasteiger partial charge in [0.05, 0.1) is 6.61 Å². The molecule has 0 fully saturated rings. The summed E-state index contributed by atoms with van der Waals surface area (Å²) in [5.74, 6) is 0.653. The molecule has 1 aromatic carbocycles. The van der Waals surface area contributed by atoms with Gasteiger partial charge in [0, 0.05) is 10.0 Å². The van der Waals surface area contributed by atoms with Gasteiger partial charge >= 0.3 is 0 Å². The van der Waals surface area contributed by atoms with Crippen LogP contribution >= 0.6 is 15.9 Å². The Morgan fingerprint density at radius 1 is 1.64 bits per heavy atom. The fourth-order valence-corrected chi connectivity index (χ4v) is 1.62. The lowest BCUT2D eigenvalue weighted by molar-refractivity contribution is 0.104. The molecule has 0 saturated carbocycles. The predicted molar refractivity (Wildman–Crippen MR) is 59.8 cm³/mol. The van der Waals surface area contributed by atoms with Crippen molar-refractivity contribution in [1.29, 1.82) is 0 Å². The van der Waals surface area contributed by atoms with E-state index in [0.717, 1.165) is 10.2 Å². The first-order valence-corrected chi connectivity index (χ1v) is 5.07. The third-order valence-corrected chi connectivity index (χ3v) is 2.36. The van der Waals surface area contributed by atoms with E-state index in [1.54, 1.807) is 18.2 Å². The molecule has 0 bridgehead atoms. The summed E-state index contributed by atoms with van der Waals surface area (Å²) in [5, 5.41) is 0. The van der Waals surface area contributed by atoms with Gasteiger partial charge in [0.1, 0.15) is 5.75 Å². The van der Waals surface area contributed by atoms with Gasteiger partial charge in [0.15, 0.2) is 5.78 Å². The van der Waals surface area contributed by atoms with Crippen molar-refractivity contribution < 1.29 is 9.53 Å². The van der Waals surface area contributed by atoms with Gasteiger partial charge in [-0.05, 0) is 47.1 Å². The summed E-state index contributed by atoms with van der Waals surface area (Å²) in [5.41, 5.74) is 0.600. The maximum atomic E-state index is 11.3. The smallest absolute Gasteiger partial charge is 0.186 e. The first-order chi connectivity index (χ1) is 6.69. The monoisotopic (exact) mass is 254 g/mol. The molecule has 0 aromatic heterocycles. The second kappa shape index (κ2) is 4.96. The van der Waals surface area contributed by atoms with Crippen molar-refractivity contribution in [3.8, 4) is 5.75 Å². The molecule has 0 amide bonds. The average Bonchev–Trinajstić information content (AvgIpc) is 2.17. The van der Waals surface area contributed by atoms with E-state index in [1.165, 1.54) is 6.08 Å². The molecule has 0 aliphatic heterocycles. The van der Waals surface area contributed by atoms with Crippen LogP contribution in [-0.2, 0) is 0 Å². The Balaban J connectivity index is 3.01. The summed E-state index contributed by atoms with van der Waals surface area (Å²) >= 11 is 3.31. The van der Waals surface area contributed by atoms with Gasteiger partial charge in [-0.25, -0.2) is 0 Å². The zero-order valence-corrected chi connectivity index (χ0v) is 9.50. The van der Waals surface area contributed by atoms with Gasteiger partial charge in [-0.3, -0.25) is 4.79 Å². The summed E-state index contributed by atoms with van der Waals surface area (Å²) in [7, 11) is 0. The number of hydrogen-bond donors (Lipinski definition) is 0. The van der Waals surface area contributed by atoms with Crippen molar-refractivity contribution in [1.82, 2.24) is 0 Å². The van der Waals surface area contributed by atoms with Crippen molar-refractivity contribution in [2.75, 3.05) is 6.61 Å². The van der Waals surface area contributed by atoms with Crippen LogP contribution < -0.4 is 4.74 Å². The van der Waals surface area contributed by atoms with E-state index >= 15 is 0 Å². The quantitative estimate of drug-likeness (QED) is 0.610. The van der Waals surface area contributed by atoms with E-state index in [4.69, 9.17) is 4.74 Å². The van der Waals surface area contributed by atoms with E-state index < -0.39 is 0 Å². The van der Waals surface area contributed by atoms with Gasteiger partial charge in [-0.1, -0.05) is 6.58 Å². The number of ketones is 1. The largest absolute Gasteiger partial charge is 0.494 e. The molecule has 3 heteroatoms.